The molecule has 96 valence electrons. The molecule has 1 aliphatic carbocycles. The number of nitrogens with two attached hydrogens (primary N) is 1. The number of carbonyl (C=O) groups is 1. The van der Waals surface area contributed by atoms with Crippen molar-refractivity contribution >= 4 is 23.1 Å². The zero-order chi connectivity index (χ0) is 13.3. The first-order chi connectivity index (χ1) is 8.40. The second-order valence-electron chi connectivity index (χ2n) is 5.54. The average Bonchev–Trinajstić information content (AvgIpc) is 2.94. The highest BCUT2D eigenvalue weighted by Gasteiger charge is 2.45. The van der Waals surface area contributed by atoms with E-state index >= 15 is 0 Å². The van der Waals surface area contributed by atoms with Crippen LogP contribution in [0, 0.1) is 11.3 Å². The molecule has 1 aromatic rings. The lowest BCUT2D eigenvalue weighted by Gasteiger charge is -2.07. The third-order valence-corrected chi connectivity index (χ3v) is 3.89. The fourth-order valence-electron chi connectivity index (χ4n) is 2.03. The highest BCUT2D eigenvalue weighted by atomic mass is 32.1. The van der Waals surface area contributed by atoms with Crippen molar-refractivity contribution in [1.82, 2.24) is 5.32 Å². The van der Waals surface area contributed by atoms with Crippen LogP contribution in [0.2, 0.25) is 0 Å². The van der Waals surface area contributed by atoms with Crippen LogP contribution in [0.4, 0.5) is 0 Å². The van der Waals surface area contributed by atoms with Crippen molar-refractivity contribution in [1.29, 1.82) is 0 Å². The van der Waals surface area contributed by atoms with Crippen molar-refractivity contribution in [2.45, 2.75) is 20.3 Å². The summed E-state index contributed by atoms with van der Waals surface area (Å²) in [6.07, 6.45) is 1.19. The van der Waals surface area contributed by atoms with E-state index in [1.165, 1.54) is 6.42 Å². The van der Waals surface area contributed by atoms with Crippen molar-refractivity contribution in [2.24, 2.45) is 17.1 Å². The molecule has 0 radical (unpaired) electrons. The fraction of sp³-hybridized carbons (Fsp3) is 0.429. The van der Waals surface area contributed by atoms with Gasteiger partial charge in [-0.15, -0.1) is 0 Å². The Bertz CT molecular complexity index is 479. The topological polar surface area (TPSA) is 55.1 Å². The number of rotatable bonds is 4. The van der Waals surface area contributed by atoms with Crippen molar-refractivity contribution in [2.75, 3.05) is 6.54 Å². The summed E-state index contributed by atoms with van der Waals surface area (Å²) in [6.45, 7) is 5.20. The number of benzene rings is 1. The molecule has 0 aliphatic heterocycles. The van der Waals surface area contributed by atoms with E-state index in [0.29, 0.717) is 21.9 Å². The van der Waals surface area contributed by atoms with Crippen molar-refractivity contribution in [3.05, 3.63) is 35.4 Å². The van der Waals surface area contributed by atoms with Gasteiger partial charge in [-0.1, -0.05) is 38.2 Å². The second-order valence-corrected chi connectivity index (χ2v) is 5.98. The van der Waals surface area contributed by atoms with Gasteiger partial charge in [0.15, 0.2) is 0 Å². The normalized spacial score (nSPS) is 20.2. The fourth-order valence-corrected chi connectivity index (χ4v) is 2.16. The van der Waals surface area contributed by atoms with Crippen molar-refractivity contribution in [3.8, 4) is 0 Å². The third-order valence-electron chi connectivity index (χ3n) is 3.66. The first kappa shape index (κ1) is 13.0. The van der Waals surface area contributed by atoms with Crippen LogP contribution in [0.3, 0.4) is 0 Å². The van der Waals surface area contributed by atoms with E-state index in [1.807, 2.05) is 0 Å². The van der Waals surface area contributed by atoms with Crippen molar-refractivity contribution < 1.29 is 4.79 Å². The predicted molar refractivity (Wildman–Crippen MR) is 76.6 cm³/mol. The van der Waals surface area contributed by atoms with Gasteiger partial charge in [-0.2, -0.15) is 0 Å². The largest absolute Gasteiger partial charge is 0.389 e. The van der Waals surface area contributed by atoms with Crippen LogP contribution in [0.25, 0.3) is 0 Å². The van der Waals surface area contributed by atoms with Crippen LogP contribution < -0.4 is 11.1 Å². The molecular weight excluding hydrogens is 244 g/mol. The molecule has 0 heterocycles. The number of hydrogen-bond acceptors (Lipinski definition) is 2. The second kappa shape index (κ2) is 4.69. The molecule has 1 unspecified atom stereocenters. The van der Waals surface area contributed by atoms with E-state index in [2.05, 4.69) is 19.2 Å². The maximum absolute atomic E-state index is 11.9. The average molecular weight is 262 g/mol. The van der Waals surface area contributed by atoms with Gasteiger partial charge in [-0.25, -0.2) is 0 Å². The molecule has 1 aromatic carbocycles. The van der Waals surface area contributed by atoms with Gasteiger partial charge in [0.25, 0.3) is 5.91 Å². The Morgan fingerprint density at radius 1 is 1.39 bits per heavy atom. The van der Waals surface area contributed by atoms with Crippen LogP contribution in [-0.4, -0.2) is 17.4 Å². The summed E-state index contributed by atoms with van der Waals surface area (Å²) in [7, 11) is 0. The van der Waals surface area contributed by atoms with Gasteiger partial charge in [-0.3, -0.25) is 4.79 Å². The smallest absolute Gasteiger partial charge is 0.251 e. The molecule has 18 heavy (non-hydrogen) atoms. The molecule has 1 amide bonds. The molecule has 4 heteroatoms. The van der Waals surface area contributed by atoms with Gasteiger partial charge < -0.3 is 11.1 Å². The van der Waals surface area contributed by atoms with E-state index in [1.54, 1.807) is 24.3 Å². The van der Waals surface area contributed by atoms with Gasteiger partial charge in [0.05, 0.1) is 0 Å². The first-order valence-electron chi connectivity index (χ1n) is 6.08. The molecule has 0 saturated heterocycles. The Hall–Kier alpha value is -1.42. The molecule has 2 rings (SSSR count). The van der Waals surface area contributed by atoms with Gasteiger partial charge in [0, 0.05) is 17.7 Å². The van der Waals surface area contributed by atoms with E-state index in [4.69, 9.17) is 18.0 Å². The van der Waals surface area contributed by atoms with Gasteiger partial charge in [0.2, 0.25) is 0 Å². The molecule has 3 nitrogen and oxygen atoms in total. The highest BCUT2D eigenvalue weighted by Crippen LogP contribution is 2.50. The van der Waals surface area contributed by atoms with Crippen LogP contribution in [-0.2, 0) is 0 Å². The van der Waals surface area contributed by atoms with Gasteiger partial charge in [-0.05, 0) is 29.9 Å². The van der Waals surface area contributed by atoms with Crippen LogP contribution in [0.5, 0.6) is 0 Å². The standard InChI is InChI=1S/C14H18N2OS/c1-14(2)7-11(14)8-16-13(17)10-5-3-9(4-6-10)12(15)18/h3-6,11H,7-8H2,1-2H3,(H2,15,18)(H,16,17). The zero-order valence-corrected chi connectivity index (χ0v) is 11.5. The Morgan fingerprint density at radius 2 is 1.89 bits per heavy atom. The molecule has 1 atom stereocenters. The number of hydrogen-bond donors (Lipinski definition) is 2. The van der Waals surface area contributed by atoms with E-state index in [-0.39, 0.29) is 5.91 Å². The first-order valence-corrected chi connectivity index (χ1v) is 6.49. The zero-order valence-electron chi connectivity index (χ0n) is 10.7. The molecular formula is C14H18N2OS. The lowest BCUT2D eigenvalue weighted by molar-refractivity contribution is 0.0950. The highest BCUT2D eigenvalue weighted by molar-refractivity contribution is 7.80. The summed E-state index contributed by atoms with van der Waals surface area (Å²) in [5, 5.41) is 2.96. The SMILES string of the molecule is CC1(C)CC1CNC(=O)c1ccc(C(N)=S)cc1. The molecule has 0 aromatic heterocycles. The monoisotopic (exact) mass is 262 g/mol. The summed E-state index contributed by atoms with van der Waals surface area (Å²) in [5.74, 6) is 0.574. The Balaban J connectivity index is 1.91. The number of carbonyl (C=O) groups excluding carboxylic acids is 1. The van der Waals surface area contributed by atoms with E-state index in [9.17, 15) is 4.79 Å². The molecule has 1 saturated carbocycles. The van der Waals surface area contributed by atoms with E-state index in [0.717, 1.165) is 12.1 Å². The quantitative estimate of drug-likeness (QED) is 0.817. The van der Waals surface area contributed by atoms with Gasteiger partial charge in [0.1, 0.15) is 4.99 Å². The minimum absolute atomic E-state index is 0.0350. The minimum atomic E-state index is -0.0350. The van der Waals surface area contributed by atoms with Gasteiger partial charge >= 0.3 is 0 Å². The molecule has 1 aliphatic rings. The predicted octanol–water partition coefficient (Wildman–Crippen LogP) is 2.10. The molecule has 0 bridgehead atoms. The Morgan fingerprint density at radius 3 is 2.33 bits per heavy atom. The lowest BCUT2D eigenvalue weighted by atomic mass is 10.1. The maximum Gasteiger partial charge on any atom is 0.251 e. The molecule has 3 N–H and O–H groups in total. The van der Waals surface area contributed by atoms with Crippen molar-refractivity contribution in [3.63, 3.8) is 0 Å². The number of thiocarbonyl (C=S) groups is 1. The third kappa shape index (κ3) is 2.88. The van der Waals surface area contributed by atoms with E-state index < -0.39 is 0 Å². The number of nitrogens with one attached hydrogen (secondary N) is 1. The summed E-state index contributed by atoms with van der Waals surface area (Å²) in [5.41, 5.74) is 7.33. The summed E-state index contributed by atoms with van der Waals surface area (Å²) in [4.78, 5) is 12.2. The maximum atomic E-state index is 11.9. The van der Waals surface area contributed by atoms with Crippen LogP contribution in [0.15, 0.2) is 24.3 Å². The minimum Gasteiger partial charge on any atom is -0.389 e. The number of amides is 1. The molecule has 0 spiro atoms. The Labute approximate surface area is 113 Å². The molecule has 1 fully saturated rings. The summed E-state index contributed by atoms with van der Waals surface area (Å²) >= 11 is 4.87. The van der Waals surface area contributed by atoms with Crippen LogP contribution >= 0.6 is 12.2 Å². The Kier molecular flexibility index (Phi) is 3.39. The summed E-state index contributed by atoms with van der Waals surface area (Å²) < 4.78 is 0. The van der Waals surface area contributed by atoms with Crippen LogP contribution in [0.1, 0.15) is 36.2 Å². The summed E-state index contributed by atoms with van der Waals surface area (Å²) in [6, 6.07) is 7.06. The lowest BCUT2D eigenvalue weighted by Crippen LogP contribution is -2.26.